The van der Waals surface area contributed by atoms with Crippen LogP contribution in [0.4, 0.5) is 0 Å². The molecule has 1 aliphatic rings. The Labute approximate surface area is 191 Å². The van der Waals surface area contributed by atoms with E-state index in [1.165, 1.54) is 22.4 Å². The summed E-state index contributed by atoms with van der Waals surface area (Å²) in [5.74, 6) is 0.515. The van der Waals surface area contributed by atoms with E-state index in [0.717, 1.165) is 5.33 Å². The normalized spacial score (nSPS) is 22.1. The quantitative estimate of drug-likeness (QED) is 0.330. The summed E-state index contributed by atoms with van der Waals surface area (Å²) < 4.78 is 7.21. The molecule has 4 rings (SSSR count). The smallest absolute Gasteiger partial charge is 0.240 e. The molecule has 3 unspecified atom stereocenters. The van der Waals surface area contributed by atoms with Crippen molar-refractivity contribution >= 4 is 35.3 Å². The second-order valence-corrected chi connectivity index (χ2v) is 12.5. The zero-order valence-corrected chi connectivity index (χ0v) is 20.8. The first kappa shape index (κ1) is 21.5. The van der Waals surface area contributed by atoms with E-state index in [0.29, 0.717) is 5.92 Å². The molecule has 0 aromatic heterocycles. The Morgan fingerprint density at radius 1 is 0.867 bits per heavy atom. The number of halogens is 1. The standard InChI is InChI=1S/C27H31BrOSi/c1-26(2,3)25(24-19-27(24,20-28)21-13-7-4-8-14-21)29-30(22-15-9-5-10-16-22)23-17-11-6-12-18-23/h4-18,24-25,30H,19-20H2,1-3H3. The van der Waals surface area contributed by atoms with Crippen LogP contribution in [0.5, 0.6) is 0 Å². The van der Waals surface area contributed by atoms with Crippen LogP contribution in [0.15, 0.2) is 91.0 Å². The van der Waals surface area contributed by atoms with Gasteiger partial charge in [0.1, 0.15) is 0 Å². The summed E-state index contributed by atoms with van der Waals surface area (Å²) >= 11 is 3.86. The molecule has 3 aromatic rings. The fourth-order valence-electron chi connectivity index (χ4n) is 4.72. The van der Waals surface area contributed by atoms with Crippen molar-refractivity contribution in [3.8, 4) is 0 Å². The fourth-order valence-corrected chi connectivity index (χ4v) is 8.42. The highest BCUT2D eigenvalue weighted by molar-refractivity contribution is 9.09. The van der Waals surface area contributed by atoms with Gasteiger partial charge in [-0.3, -0.25) is 0 Å². The predicted octanol–water partition coefficient (Wildman–Crippen LogP) is 5.31. The third kappa shape index (κ3) is 4.34. The Kier molecular flexibility index (Phi) is 6.33. The van der Waals surface area contributed by atoms with Gasteiger partial charge >= 0.3 is 0 Å². The Morgan fingerprint density at radius 2 is 1.33 bits per heavy atom. The summed E-state index contributed by atoms with van der Waals surface area (Å²) in [4.78, 5) is 0. The Bertz CT molecular complexity index is 899. The third-order valence-corrected chi connectivity index (χ3v) is 9.97. The Balaban J connectivity index is 1.69. The van der Waals surface area contributed by atoms with Gasteiger partial charge in [-0.2, -0.15) is 0 Å². The number of alkyl halides is 1. The fraction of sp³-hybridized carbons (Fsp3) is 0.333. The lowest BCUT2D eigenvalue weighted by Crippen LogP contribution is -2.50. The van der Waals surface area contributed by atoms with E-state index in [1.54, 1.807) is 0 Å². The molecule has 0 saturated heterocycles. The molecule has 30 heavy (non-hydrogen) atoms. The maximum absolute atomic E-state index is 7.21. The average molecular weight is 480 g/mol. The summed E-state index contributed by atoms with van der Waals surface area (Å²) in [6, 6.07) is 32.7. The van der Waals surface area contributed by atoms with Crippen LogP contribution in [0.1, 0.15) is 32.8 Å². The van der Waals surface area contributed by atoms with Gasteiger partial charge in [-0.15, -0.1) is 0 Å². The highest BCUT2D eigenvalue weighted by Gasteiger charge is 2.60. The number of hydrogen-bond acceptors (Lipinski definition) is 1. The number of hydrogen-bond donors (Lipinski definition) is 0. The minimum Gasteiger partial charge on any atom is -0.407 e. The molecule has 0 aliphatic heterocycles. The average Bonchev–Trinajstić information content (AvgIpc) is 3.51. The summed E-state index contributed by atoms with van der Waals surface area (Å²) in [6.45, 7) is 7.00. The molecule has 0 spiro atoms. The second kappa shape index (κ2) is 8.82. The molecule has 1 saturated carbocycles. The first-order chi connectivity index (χ1) is 14.5. The van der Waals surface area contributed by atoms with Crippen molar-refractivity contribution in [2.24, 2.45) is 11.3 Å². The van der Waals surface area contributed by atoms with Crippen LogP contribution in [0.3, 0.4) is 0 Å². The van der Waals surface area contributed by atoms with E-state index >= 15 is 0 Å². The van der Waals surface area contributed by atoms with Crippen LogP contribution in [0.2, 0.25) is 0 Å². The molecular formula is C27H31BrOSi. The third-order valence-electron chi connectivity index (χ3n) is 6.43. The van der Waals surface area contributed by atoms with Crippen LogP contribution >= 0.6 is 15.9 Å². The lowest BCUT2D eigenvalue weighted by molar-refractivity contribution is 0.0632. The first-order valence-corrected chi connectivity index (χ1v) is 13.6. The molecule has 1 aliphatic carbocycles. The minimum atomic E-state index is -1.80. The van der Waals surface area contributed by atoms with Gasteiger partial charge < -0.3 is 4.43 Å². The molecule has 3 atom stereocenters. The highest BCUT2D eigenvalue weighted by Crippen LogP contribution is 2.60. The van der Waals surface area contributed by atoms with Gasteiger partial charge in [-0.25, -0.2) is 0 Å². The molecule has 0 N–H and O–H groups in total. The van der Waals surface area contributed by atoms with Gasteiger partial charge in [0.2, 0.25) is 9.04 Å². The van der Waals surface area contributed by atoms with Crippen molar-refractivity contribution in [2.45, 2.75) is 38.7 Å². The molecule has 0 radical (unpaired) electrons. The van der Waals surface area contributed by atoms with Crippen molar-refractivity contribution in [1.82, 2.24) is 0 Å². The van der Waals surface area contributed by atoms with Crippen LogP contribution < -0.4 is 10.4 Å². The SMILES string of the molecule is CC(C)(C)C(O[SiH](c1ccccc1)c1ccccc1)C1CC1(CBr)c1ccccc1. The molecule has 3 aromatic carbocycles. The van der Waals surface area contributed by atoms with E-state index in [9.17, 15) is 0 Å². The summed E-state index contributed by atoms with van der Waals surface area (Å²) in [7, 11) is -1.80. The van der Waals surface area contributed by atoms with Crippen molar-refractivity contribution in [1.29, 1.82) is 0 Å². The molecule has 1 fully saturated rings. The monoisotopic (exact) mass is 478 g/mol. The van der Waals surface area contributed by atoms with Gasteiger partial charge in [-0.05, 0) is 33.7 Å². The van der Waals surface area contributed by atoms with Crippen molar-refractivity contribution in [3.63, 3.8) is 0 Å². The topological polar surface area (TPSA) is 9.23 Å². The van der Waals surface area contributed by atoms with Crippen LogP contribution in [0.25, 0.3) is 0 Å². The minimum absolute atomic E-state index is 0.0676. The van der Waals surface area contributed by atoms with Crippen LogP contribution in [0, 0.1) is 11.3 Å². The lowest BCUT2D eigenvalue weighted by atomic mass is 9.82. The summed E-state index contributed by atoms with van der Waals surface area (Å²) in [5, 5.41) is 3.68. The van der Waals surface area contributed by atoms with Crippen molar-refractivity contribution in [3.05, 3.63) is 96.6 Å². The highest BCUT2D eigenvalue weighted by atomic mass is 79.9. The van der Waals surface area contributed by atoms with Gasteiger partial charge in [0.05, 0.1) is 6.10 Å². The zero-order chi connectivity index (χ0) is 21.2. The largest absolute Gasteiger partial charge is 0.407 e. The number of benzene rings is 3. The van der Waals surface area contributed by atoms with Gasteiger partial charge in [0.25, 0.3) is 0 Å². The van der Waals surface area contributed by atoms with E-state index in [2.05, 4.69) is 128 Å². The summed E-state index contributed by atoms with van der Waals surface area (Å²) in [5.41, 5.74) is 1.67. The van der Waals surface area contributed by atoms with E-state index in [1.807, 2.05) is 0 Å². The first-order valence-electron chi connectivity index (χ1n) is 10.8. The van der Waals surface area contributed by atoms with Crippen LogP contribution in [-0.4, -0.2) is 20.5 Å². The van der Waals surface area contributed by atoms with Gasteiger partial charge in [0.15, 0.2) is 0 Å². The Hall–Kier alpha value is -1.68. The molecule has 0 bridgehead atoms. The van der Waals surface area contributed by atoms with E-state index in [-0.39, 0.29) is 16.9 Å². The maximum atomic E-state index is 7.21. The van der Waals surface area contributed by atoms with Crippen molar-refractivity contribution in [2.75, 3.05) is 5.33 Å². The van der Waals surface area contributed by atoms with Crippen molar-refractivity contribution < 1.29 is 4.43 Å². The molecule has 0 heterocycles. The Morgan fingerprint density at radius 3 is 1.77 bits per heavy atom. The molecular weight excluding hydrogens is 448 g/mol. The van der Waals surface area contributed by atoms with Gasteiger partial charge in [-0.1, -0.05) is 128 Å². The van der Waals surface area contributed by atoms with E-state index in [4.69, 9.17) is 4.43 Å². The maximum Gasteiger partial charge on any atom is 0.240 e. The van der Waals surface area contributed by atoms with Gasteiger partial charge in [0, 0.05) is 10.7 Å². The van der Waals surface area contributed by atoms with E-state index < -0.39 is 9.04 Å². The lowest BCUT2D eigenvalue weighted by Gasteiger charge is -2.36. The summed E-state index contributed by atoms with van der Waals surface area (Å²) in [6.07, 6.45) is 1.38. The molecule has 3 heteroatoms. The predicted molar refractivity (Wildman–Crippen MR) is 134 cm³/mol. The van der Waals surface area contributed by atoms with Crippen LogP contribution in [-0.2, 0) is 9.84 Å². The molecule has 156 valence electrons. The number of rotatable bonds is 7. The molecule has 1 nitrogen and oxygen atoms in total. The molecule has 0 amide bonds. The zero-order valence-electron chi connectivity index (χ0n) is 18.1. The second-order valence-electron chi connectivity index (χ2n) is 9.59.